The van der Waals surface area contributed by atoms with Crippen molar-refractivity contribution in [3.05, 3.63) is 22.4 Å². The van der Waals surface area contributed by atoms with Gasteiger partial charge in [0.05, 0.1) is 13.5 Å². The number of nitrogens with one attached hydrogen (secondary N) is 1. The van der Waals surface area contributed by atoms with Crippen molar-refractivity contribution in [3.8, 4) is 0 Å². The van der Waals surface area contributed by atoms with Gasteiger partial charge in [0.1, 0.15) is 6.04 Å². The molecule has 104 valence electrons. The summed E-state index contributed by atoms with van der Waals surface area (Å²) in [6.07, 6.45) is 0.102. The van der Waals surface area contributed by atoms with Crippen molar-refractivity contribution in [1.82, 2.24) is 5.32 Å². The number of hydrogen-bond acceptors (Lipinski definition) is 5. The summed E-state index contributed by atoms with van der Waals surface area (Å²) in [5, 5.41) is 13.2. The predicted molar refractivity (Wildman–Crippen MR) is 68.8 cm³/mol. The highest BCUT2D eigenvalue weighted by molar-refractivity contribution is 7.10. The number of methoxy groups -OCH3 is 1. The minimum Gasteiger partial charge on any atom is -0.480 e. The van der Waals surface area contributed by atoms with Crippen LogP contribution in [-0.2, 0) is 25.5 Å². The van der Waals surface area contributed by atoms with Crippen LogP contribution >= 0.6 is 11.3 Å². The van der Waals surface area contributed by atoms with Gasteiger partial charge in [-0.05, 0) is 17.9 Å². The first-order valence-electron chi connectivity index (χ1n) is 5.64. The zero-order valence-electron chi connectivity index (χ0n) is 10.4. The van der Waals surface area contributed by atoms with Crippen LogP contribution in [0.1, 0.15) is 17.7 Å². The Morgan fingerprint density at radius 2 is 2.21 bits per heavy atom. The standard InChI is InChI=1S/C12H15NO5S/c1-18-11(15)5-4-9(12(16)17)13-10(14)7-8-3-2-6-19-8/h2-3,6,9H,4-5,7H2,1H3,(H,13,14)(H,16,17)/t9-/m1/s1. The molecule has 1 aromatic heterocycles. The molecule has 0 aliphatic carbocycles. The maximum absolute atomic E-state index is 11.7. The topological polar surface area (TPSA) is 92.7 Å². The molecule has 0 bridgehead atoms. The van der Waals surface area contributed by atoms with Crippen LogP contribution in [-0.4, -0.2) is 36.1 Å². The smallest absolute Gasteiger partial charge is 0.326 e. The van der Waals surface area contributed by atoms with Gasteiger partial charge in [-0.2, -0.15) is 0 Å². The van der Waals surface area contributed by atoms with Crippen molar-refractivity contribution in [2.45, 2.75) is 25.3 Å². The van der Waals surface area contributed by atoms with Crippen molar-refractivity contribution in [2.75, 3.05) is 7.11 Å². The van der Waals surface area contributed by atoms with E-state index in [1.54, 1.807) is 6.07 Å². The molecule has 1 amide bonds. The molecule has 0 spiro atoms. The normalized spacial score (nSPS) is 11.6. The van der Waals surface area contributed by atoms with Crippen LogP contribution in [0.2, 0.25) is 0 Å². The third-order valence-corrected chi connectivity index (χ3v) is 3.29. The molecule has 0 unspecified atom stereocenters. The Morgan fingerprint density at radius 1 is 1.47 bits per heavy atom. The minimum absolute atomic E-state index is 0.0121. The predicted octanol–water partition coefficient (Wildman–Crippen LogP) is 0.813. The van der Waals surface area contributed by atoms with E-state index in [1.807, 2.05) is 11.4 Å². The number of rotatable bonds is 7. The molecule has 0 aromatic carbocycles. The molecule has 0 saturated heterocycles. The SMILES string of the molecule is COC(=O)CC[C@@H](NC(=O)Cc1cccs1)C(=O)O. The number of thiophene rings is 1. The quantitative estimate of drug-likeness (QED) is 0.723. The molecule has 0 aliphatic heterocycles. The van der Waals surface area contributed by atoms with Crippen LogP contribution in [0.25, 0.3) is 0 Å². The van der Waals surface area contributed by atoms with Crippen molar-refractivity contribution in [2.24, 2.45) is 0 Å². The number of carbonyl (C=O) groups is 3. The van der Waals surface area contributed by atoms with Crippen LogP contribution in [0.15, 0.2) is 17.5 Å². The van der Waals surface area contributed by atoms with Crippen LogP contribution < -0.4 is 5.32 Å². The largest absolute Gasteiger partial charge is 0.480 e. The maximum atomic E-state index is 11.7. The molecule has 0 fully saturated rings. The molecule has 1 atom stereocenters. The first-order valence-corrected chi connectivity index (χ1v) is 6.52. The van der Waals surface area contributed by atoms with E-state index in [1.165, 1.54) is 18.4 Å². The van der Waals surface area contributed by atoms with Gasteiger partial charge in [0.2, 0.25) is 5.91 Å². The molecule has 19 heavy (non-hydrogen) atoms. The van der Waals surface area contributed by atoms with Gasteiger partial charge in [0.15, 0.2) is 0 Å². The van der Waals surface area contributed by atoms with Crippen LogP contribution in [0.3, 0.4) is 0 Å². The van der Waals surface area contributed by atoms with Gasteiger partial charge in [0, 0.05) is 11.3 Å². The Bertz CT molecular complexity index is 443. The van der Waals surface area contributed by atoms with Crippen LogP contribution in [0.4, 0.5) is 0 Å². The number of carboxylic acid groups (broad SMARTS) is 1. The fourth-order valence-electron chi connectivity index (χ4n) is 1.44. The van der Waals surface area contributed by atoms with Crippen molar-refractivity contribution in [1.29, 1.82) is 0 Å². The molecular weight excluding hydrogens is 270 g/mol. The molecule has 1 rings (SSSR count). The molecule has 1 aromatic rings. The number of esters is 1. The fraction of sp³-hybridized carbons (Fsp3) is 0.417. The van der Waals surface area contributed by atoms with E-state index in [4.69, 9.17) is 5.11 Å². The van der Waals surface area contributed by atoms with E-state index >= 15 is 0 Å². The van der Waals surface area contributed by atoms with Gasteiger partial charge in [-0.1, -0.05) is 6.07 Å². The second-order valence-electron chi connectivity index (χ2n) is 3.83. The molecular formula is C12H15NO5S. The summed E-state index contributed by atoms with van der Waals surface area (Å²) in [4.78, 5) is 34.4. The number of hydrogen-bond donors (Lipinski definition) is 2. The van der Waals surface area contributed by atoms with E-state index in [-0.39, 0.29) is 25.2 Å². The second kappa shape index (κ2) is 7.52. The summed E-state index contributed by atoms with van der Waals surface area (Å²) >= 11 is 1.43. The number of carboxylic acids is 1. The average molecular weight is 285 g/mol. The molecule has 2 N–H and O–H groups in total. The number of amides is 1. The van der Waals surface area contributed by atoms with E-state index < -0.39 is 18.0 Å². The number of carbonyl (C=O) groups excluding carboxylic acids is 2. The lowest BCUT2D eigenvalue weighted by Gasteiger charge is -2.13. The lowest BCUT2D eigenvalue weighted by molar-refractivity contribution is -0.144. The van der Waals surface area contributed by atoms with Crippen LogP contribution in [0, 0.1) is 0 Å². The van der Waals surface area contributed by atoms with Gasteiger partial charge in [-0.3, -0.25) is 9.59 Å². The summed E-state index contributed by atoms with van der Waals surface area (Å²) in [6.45, 7) is 0. The second-order valence-corrected chi connectivity index (χ2v) is 4.86. The third-order valence-electron chi connectivity index (χ3n) is 2.41. The zero-order chi connectivity index (χ0) is 14.3. The monoisotopic (exact) mass is 285 g/mol. The van der Waals surface area contributed by atoms with Crippen molar-refractivity contribution >= 4 is 29.2 Å². The molecule has 1 heterocycles. The summed E-state index contributed by atoms with van der Waals surface area (Å²) < 4.78 is 4.43. The Labute approximate surface area is 114 Å². The van der Waals surface area contributed by atoms with Gasteiger partial charge >= 0.3 is 11.9 Å². The Balaban J connectivity index is 2.46. The van der Waals surface area contributed by atoms with E-state index in [0.717, 1.165) is 4.88 Å². The molecule has 0 aliphatic rings. The van der Waals surface area contributed by atoms with Gasteiger partial charge < -0.3 is 15.2 Å². The summed E-state index contributed by atoms with van der Waals surface area (Å²) in [5.74, 6) is -2.04. The lowest BCUT2D eigenvalue weighted by Crippen LogP contribution is -2.41. The number of aliphatic carboxylic acids is 1. The lowest BCUT2D eigenvalue weighted by atomic mass is 10.1. The third kappa shape index (κ3) is 5.52. The average Bonchev–Trinajstić information content (AvgIpc) is 2.86. The highest BCUT2D eigenvalue weighted by Gasteiger charge is 2.21. The van der Waals surface area contributed by atoms with Crippen LogP contribution in [0.5, 0.6) is 0 Å². The Kier molecular flexibility index (Phi) is 6.01. The first-order chi connectivity index (χ1) is 9.02. The maximum Gasteiger partial charge on any atom is 0.326 e. The number of ether oxygens (including phenoxy) is 1. The Hall–Kier alpha value is -1.89. The fourth-order valence-corrected chi connectivity index (χ4v) is 2.14. The van der Waals surface area contributed by atoms with E-state index in [9.17, 15) is 14.4 Å². The highest BCUT2D eigenvalue weighted by Crippen LogP contribution is 2.09. The first kappa shape index (κ1) is 15.2. The van der Waals surface area contributed by atoms with Crippen molar-refractivity contribution in [3.63, 3.8) is 0 Å². The zero-order valence-corrected chi connectivity index (χ0v) is 11.2. The summed E-state index contributed by atoms with van der Waals surface area (Å²) in [7, 11) is 1.23. The molecule has 6 nitrogen and oxygen atoms in total. The molecule has 0 radical (unpaired) electrons. The van der Waals surface area contributed by atoms with Gasteiger partial charge in [-0.25, -0.2) is 4.79 Å². The van der Waals surface area contributed by atoms with E-state index in [2.05, 4.69) is 10.1 Å². The van der Waals surface area contributed by atoms with Gasteiger partial charge in [0.25, 0.3) is 0 Å². The minimum atomic E-state index is -1.16. The molecule has 0 saturated carbocycles. The molecule has 7 heteroatoms. The highest BCUT2D eigenvalue weighted by atomic mass is 32.1. The van der Waals surface area contributed by atoms with Crippen molar-refractivity contribution < 1.29 is 24.2 Å². The van der Waals surface area contributed by atoms with E-state index in [0.29, 0.717) is 0 Å². The summed E-state index contributed by atoms with van der Waals surface area (Å²) in [5.41, 5.74) is 0. The Morgan fingerprint density at radius 3 is 2.74 bits per heavy atom. The summed E-state index contributed by atoms with van der Waals surface area (Å²) in [6, 6.07) is 2.54. The van der Waals surface area contributed by atoms with Gasteiger partial charge in [-0.15, -0.1) is 11.3 Å².